The lowest BCUT2D eigenvalue weighted by atomic mass is 10.2. The number of nitrogens with two attached hydrogens (primary N) is 1. The third-order valence-corrected chi connectivity index (χ3v) is 3.90. The van der Waals surface area contributed by atoms with Crippen LogP contribution in [0.4, 0.5) is 11.5 Å². The minimum absolute atomic E-state index is 0.261. The Balaban J connectivity index is 1.51. The van der Waals surface area contributed by atoms with Crippen molar-refractivity contribution < 1.29 is 4.74 Å². The van der Waals surface area contributed by atoms with Crippen LogP contribution in [0.3, 0.4) is 0 Å². The number of pyridine rings is 1. The fraction of sp³-hybridized carbons (Fsp3) is 0.615. The SMILES string of the molecule is NNc1cc(NCC2CN3CCCC3CO2)ccn1. The summed E-state index contributed by atoms with van der Waals surface area (Å²) in [5.74, 6) is 6.01. The Kier molecular flexibility index (Phi) is 3.82. The molecule has 0 aliphatic carbocycles. The molecule has 0 aromatic carbocycles. The van der Waals surface area contributed by atoms with E-state index in [-0.39, 0.29) is 6.10 Å². The smallest absolute Gasteiger partial charge is 0.141 e. The Morgan fingerprint density at radius 2 is 2.47 bits per heavy atom. The molecule has 6 nitrogen and oxygen atoms in total. The predicted molar refractivity (Wildman–Crippen MR) is 74.9 cm³/mol. The molecule has 104 valence electrons. The molecule has 2 fully saturated rings. The van der Waals surface area contributed by atoms with Gasteiger partial charge in [0.15, 0.2) is 0 Å². The van der Waals surface area contributed by atoms with E-state index in [9.17, 15) is 0 Å². The average Bonchev–Trinajstić information content (AvgIpc) is 2.93. The highest BCUT2D eigenvalue weighted by Gasteiger charge is 2.31. The van der Waals surface area contributed by atoms with E-state index in [0.29, 0.717) is 11.9 Å². The minimum atomic E-state index is 0.261. The fourth-order valence-corrected chi connectivity index (χ4v) is 2.86. The fourth-order valence-electron chi connectivity index (χ4n) is 2.86. The number of ether oxygens (including phenoxy) is 1. The van der Waals surface area contributed by atoms with E-state index in [1.807, 2.05) is 12.1 Å². The zero-order valence-electron chi connectivity index (χ0n) is 11.0. The molecule has 1 aromatic rings. The van der Waals surface area contributed by atoms with Crippen LogP contribution in [0.5, 0.6) is 0 Å². The number of morpholine rings is 1. The summed E-state index contributed by atoms with van der Waals surface area (Å²) in [6.45, 7) is 3.95. The zero-order chi connectivity index (χ0) is 13.1. The molecule has 2 aliphatic rings. The monoisotopic (exact) mass is 263 g/mol. The van der Waals surface area contributed by atoms with E-state index in [1.165, 1.54) is 19.4 Å². The topological polar surface area (TPSA) is 75.4 Å². The molecule has 0 radical (unpaired) electrons. The highest BCUT2D eigenvalue weighted by atomic mass is 16.5. The molecule has 2 unspecified atom stereocenters. The van der Waals surface area contributed by atoms with Crippen LogP contribution in [0.2, 0.25) is 0 Å². The Hall–Kier alpha value is -1.37. The summed E-state index contributed by atoms with van der Waals surface area (Å²) in [6.07, 6.45) is 4.59. The molecule has 0 amide bonds. The Labute approximate surface area is 113 Å². The summed E-state index contributed by atoms with van der Waals surface area (Å²) in [5.41, 5.74) is 3.55. The largest absolute Gasteiger partial charge is 0.382 e. The van der Waals surface area contributed by atoms with Gasteiger partial charge in [-0.15, -0.1) is 0 Å². The van der Waals surface area contributed by atoms with Gasteiger partial charge in [0.1, 0.15) is 5.82 Å². The standard InChI is InChI=1S/C13H21N5O/c14-17-13-6-10(3-4-15-13)16-7-12-8-18-5-1-2-11(18)9-19-12/h3-4,6,11-12H,1-2,5,7-9,14H2,(H2,15,16,17). The molecule has 4 N–H and O–H groups in total. The third kappa shape index (κ3) is 2.97. The van der Waals surface area contributed by atoms with E-state index < -0.39 is 0 Å². The maximum Gasteiger partial charge on any atom is 0.141 e. The van der Waals surface area contributed by atoms with Crippen molar-refractivity contribution in [2.75, 3.05) is 37.0 Å². The van der Waals surface area contributed by atoms with Crippen molar-refractivity contribution in [3.05, 3.63) is 18.3 Å². The van der Waals surface area contributed by atoms with Crippen molar-refractivity contribution in [3.8, 4) is 0 Å². The lowest BCUT2D eigenvalue weighted by Crippen LogP contribution is -2.48. The van der Waals surface area contributed by atoms with Gasteiger partial charge in [-0.1, -0.05) is 0 Å². The lowest BCUT2D eigenvalue weighted by Gasteiger charge is -2.35. The summed E-state index contributed by atoms with van der Waals surface area (Å²) in [7, 11) is 0. The van der Waals surface area contributed by atoms with Crippen LogP contribution in [-0.2, 0) is 4.74 Å². The molecular formula is C13H21N5O. The Morgan fingerprint density at radius 1 is 1.53 bits per heavy atom. The van der Waals surface area contributed by atoms with Crippen molar-refractivity contribution in [1.82, 2.24) is 9.88 Å². The lowest BCUT2D eigenvalue weighted by molar-refractivity contribution is -0.0415. The maximum atomic E-state index is 5.91. The summed E-state index contributed by atoms with van der Waals surface area (Å²) in [5, 5.41) is 3.38. The van der Waals surface area contributed by atoms with Crippen molar-refractivity contribution in [2.45, 2.75) is 25.0 Å². The van der Waals surface area contributed by atoms with Gasteiger partial charge in [0, 0.05) is 37.1 Å². The minimum Gasteiger partial charge on any atom is -0.382 e. The molecular weight excluding hydrogens is 242 g/mol. The van der Waals surface area contributed by atoms with Crippen LogP contribution in [0, 0.1) is 0 Å². The number of nitrogens with zero attached hydrogens (tertiary/aromatic N) is 2. The number of fused-ring (bicyclic) bond motifs is 1. The molecule has 0 spiro atoms. The van der Waals surface area contributed by atoms with Gasteiger partial charge in [-0.2, -0.15) is 0 Å². The molecule has 6 heteroatoms. The van der Waals surface area contributed by atoms with Crippen LogP contribution in [0.1, 0.15) is 12.8 Å². The van der Waals surface area contributed by atoms with E-state index in [0.717, 1.165) is 25.4 Å². The number of anilines is 2. The van der Waals surface area contributed by atoms with Crippen molar-refractivity contribution in [3.63, 3.8) is 0 Å². The number of hydrazine groups is 1. The second-order valence-electron chi connectivity index (χ2n) is 5.20. The van der Waals surface area contributed by atoms with Gasteiger partial charge in [-0.25, -0.2) is 10.8 Å². The molecule has 19 heavy (non-hydrogen) atoms. The Bertz CT molecular complexity index is 427. The molecule has 0 saturated carbocycles. The highest BCUT2D eigenvalue weighted by Crippen LogP contribution is 2.22. The molecule has 0 bridgehead atoms. The van der Waals surface area contributed by atoms with E-state index in [1.54, 1.807) is 6.20 Å². The summed E-state index contributed by atoms with van der Waals surface area (Å²) in [4.78, 5) is 6.63. The van der Waals surface area contributed by atoms with E-state index in [4.69, 9.17) is 10.6 Å². The Morgan fingerprint density at radius 3 is 3.37 bits per heavy atom. The number of nitrogens with one attached hydrogen (secondary N) is 2. The predicted octanol–water partition coefficient (Wildman–Crippen LogP) is 0.642. The maximum absolute atomic E-state index is 5.91. The number of aromatic nitrogens is 1. The van der Waals surface area contributed by atoms with Gasteiger partial charge in [-0.05, 0) is 25.5 Å². The summed E-state index contributed by atoms with van der Waals surface area (Å²) in [6, 6.07) is 4.48. The molecule has 3 rings (SSSR count). The quantitative estimate of drug-likeness (QED) is 0.547. The second kappa shape index (κ2) is 5.73. The van der Waals surface area contributed by atoms with Gasteiger partial charge in [0.2, 0.25) is 0 Å². The van der Waals surface area contributed by atoms with Gasteiger partial charge in [0.05, 0.1) is 12.7 Å². The normalized spacial score (nSPS) is 27.0. The first-order chi connectivity index (χ1) is 9.35. The van der Waals surface area contributed by atoms with Gasteiger partial charge >= 0.3 is 0 Å². The van der Waals surface area contributed by atoms with Crippen molar-refractivity contribution >= 4 is 11.5 Å². The summed E-state index contributed by atoms with van der Waals surface area (Å²) < 4.78 is 5.91. The second-order valence-corrected chi connectivity index (χ2v) is 5.20. The molecule has 2 aliphatic heterocycles. The van der Waals surface area contributed by atoms with Gasteiger partial charge in [-0.3, -0.25) is 4.90 Å². The number of nitrogen functional groups attached to an aromatic ring is 1. The third-order valence-electron chi connectivity index (χ3n) is 3.90. The first-order valence-electron chi connectivity index (χ1n) is 6.87. The van der Waals surface area contributed by atoms with Crippen molar-refractivity contribution in [2.24, 2.45) is 5.84 Å². The number of rotatable bonds is 4. The van der Waals surface area contributed by atoms with Crippen LogP contribution >= 0.6 is 0 Å². The van der Waals surface area contributed by atoms with Crippen LogP contribution in [0.15, 0.2) is 18.3 Å². The highest BCUT2D eigenvalue weighted by molar-refractivity contribution is 5.51. The van der Waals surface area contributed by atoms with E-state index in [2.05, 4.69) is 20.6 Å². The first-order valence-corrected chi connectivity index (χ1v) is 6.87. The first kappa shape index (κ1) is 12.7. The van der Waals surface area contributed by atoms with Gasteiger partial charge in [0.25, 0.3) is 0 Å². The number of hydrogen-bond acceptors (Lipinski definition) is 6. The summed E-state index contributed by atoms with van der Waals surface area (Å²) >= 11 is 0. The molecule has 2 atom stereocenters. The zero-order valence-corrected chi connectivity index (χ0v) is 11.0. The van der Waals surface area contributed by atoms with E-state index >= 15 is 0 Å². The molecule has 3 heterocycles. The van der Waals surface area contributed by atoms with Crippen LogP contribution in [0.25, 0.3) is 0 Å². The number of hydrogen-bond donors (Lipinski definition) is 3. The molecule has 2 saturated heterocycles. The average molecular weight is 263 g/mol. The van der Waals surface area contributed by atoms with Crippen LogP contribution < -0.4 is 16.6 Å². The van der Waals surface area contributed by atoms with Gasteiger partial charge < -0.3 is 15.5 Å². The van der Waals surface area contributed by atoms with Crippen LogP contribution in [-0.4, -0.2) is 48.3 Å². The van der Waals surface area contributed by atoms with Crippen molar-refractivity contribution in [1.29, 1.82) is 0 Å². The molecule has 1 aromatic heterocycles.